The van der Waals surface area contributed by atoms with Gasteiger partial charge in [0.1, 0.15) is 18.1 Å². The van der Waals surface area contributed by atoms with Gasteiger partial charge in [0.05, 0.1) is 25.3 Å². The number of amides is 1. The first kappa shape index (κ1) is 29.8. The van der Waals surface area contributed by atoms with E-state index >= 15 is 0 Å². The van der Waals surface area contributed by atoms with E-state index < -0.39 is 17.7 Å². The molecule has 1 atom stereocenters. The molecule has 0 bridgehead atoms. The van der Waals surface area contributed by atoms with Gasteiger partial charge >= 0.3 is 0 Å². The SMILES string of the molecule is C=CCOc1ccc(C2/C(=C(\O)c3ccc(OCC(C)C)cc3)C(=O)C(=O)N2CCN(CC)CC)cc1OC. The Morgan fingerprint density at radius 2 is 1.77 bits per heavy atom. The number of likely N-dealkylation sites (tertiary alicyclic amines) is 1. The Labute approximate surface area is 231 Å². The monoisotopic (exact) mass is 536 g/mol. The van der Waals surface area contributed by atoms with Gasteiger partial charge in [-0.05, 0) is 61.0 Å². The van der Waals surface area contributed by atoms with E-state index in [0.29, 0.717) is 60.6 Å². The fourth-order valence-electron chi connectivity index (χ4n) is 4.50. The molecule has 1 fully saturated rings. The second-order valence-corrected chi connectivity index (χ2v) is 9.76. The molecule has 1 N–H and O–H groups in total. The van der Waals surface area contributed by atoms with E-state index in [-0.39, 0.29) is 11.3 Å². The molecule has 1 saturated heterocycles. The minimum Gasteiger partial charge on any atom is -0.507 e. The van der Waals surface area contributed by atoms with Gasteiger partial charge in [-0.2, -0.15) is 0 Å². The quantitative estimate of drug-likeness (QED) is 0.156. The third-order valence-corrected chi connectivity index (χ3v) is 6.66. The normalized spacial score (nSPS) is 16.7. The maximum atomic E-state index is 13.4. The Kier molecular flexibility index (Phi) is 10.6. The van der Waals surface area contributed by atoms with Gasteiger partial charge in [-0.3, -0.25) is 9.59 Å². The minimum absolute atomic E-state index is 0.0391. The fourth-order valence-corrected chi connectivity index (χ4v) is 4.50. The van der Waals surface area contributed by atoms with E-state index in [1.807, 2.05) is 0 Å². The molecule has 0 radical (unpaired) electrons. The number of aliphatic hydroxyl groups excluding tert-OH is 1. The molecule has 1 aliphatic heterocycles. The number of methoxy groups -OCH3 is 1. The number of ketones is 1. The van der Waals surface area contributed by atoms with Crippen LogP contribution < -0.4 is 14.2 Å². The van der Waals surface area contributed by atoms with E-state index in [0.717, 1.165) is 13.1 Å². The van der Waals surface area contributed by atoms with Gasteiger partial charge in [-0.1, -0.05) is 46.4 Å². The zero-order valence-corrected chi connectivity index (χ0v) is 23.6. The third-order valence-electron chi connectivity index (χ3n) is 6.66. The summed E-state index contributed by atoms with van der Waals surface area (Å²) in [7, 11) is 1.53. The van der Waals surface area contributed by atoms with Gasteiger partial charge in [-0.25, -0.2) is 0 Å². The standard InChI is InChI=1S/C31H40N2O6/c1-7-18-38-25-15-12-23(19-26(25)37-6)28-27(30(35)31(36)33(28)17-16-32(8-2)9-3)29(34)22-10-13-24(14-11-22)39-20-21(4)5/h7,10-15,19,21,28,34H,1,8-9,16-18,20H2,2-6H3/b29-27+. The number of likely N-dealkylation sites (N-methyl/N-ethyl adjacent to an activating group) is 1. The first-order valence-electron chi connectivity index (χ1n) is 13.4. The average molecular weight is 537 g/mol. The van der Waals surface area contributed by atoms with Crippen LogP contribution in [0.4, 0.5) is 0 Å². The van der Waals surface area contributed by atoms with Gasteiger partial charge in [-0.15, -0.1) is 0 Å². The molecular weight excluding hydrogens is 496 g/mol. The first-order chi connectivity index (χ1) is 18.7. The van der Waals surface area contributed by atoms with Crippen LogP contribution in [-0.4, -0.2) is 73.1 Å². The summed E-state index contributed by atoms with van der Waals surface area (Å²) in [6.07, 6.45) is 1.63. The van der Waals surface area contributed by atoms with Crippen LogP contribution in [0.2, 0.25) is 0 Å². The van der Waals surface area contributed by atoms with Crippen LogP contribution in [0.3, 0.4) is 0 Å². The van der Waals surface area contributed by atoms with Crippen molar-refractivity contribution in [3.8, 4) is 17.2 Å². The van der Waals surface area contributed by atoms with Crippen molar-refractivity contribution in [2.45, 2.75) is 33.7 Å². The van der Waals surface area contributed by atoms with Crippen LogP contribution in [0, 0.1) is 5.92 Å². The predicted molar refractivity (Wildman–Crippen MR) is 152 cm³/mol. The maximum absolute atomic E-state index is 13.4. The highest BCUT2D eigenvalue weighted by Gasteiger charge is 2.46. The fraction of sp³-hybridized carbons (Fsp3) is 0.419. The average Bonchev–Trinajstić information content (AvgIpc) is 3.20. The van der Waals surface area contributed by atoms with Crippen molar-refractivity contribution in [2.24, 2.45) is 5.92 Å². The number of benzene rings is 2. The number of hydrogen-bond acceptors (Lipinski definition) is 7. The van der Waals surface area contributed by atoms with Crippen molar-refractivity contribution in [1.29, 1.82) is 0 Å². The highest BCUT2D eigenvalue weighted by Crippen LogP contribution is 2.42. The lowest BCUT2D eigenvalue weighted by Gasteiger charge is -2.28. The predicted octanol–water partition coefficient (Wildman–Crippen LogP) is 5.06. The second kappa shape index (κ2) is 13.8. The van der Waals surface area contributed by atoms with E-state index in [9.17, 15) is 14.7 Å². The zero-order valence-electron chi connectivity index (χ0n) is 23.6. The summed E-state index contributed by atoms with van der Waals surface area (Å²) in [5.74, 6) is 0.408. The summed E-state index contributed by atoms with van der Waals surface area (Å²) in [6.45, 7) is 15.3. The second-order valence-electron chi connectivity index (χ2n) is 9.76. The van der Waals surface area contributed by atoms with Gasteiger partial charge in [0.15, 0.2) is 11.5 Å². The number of ether oxygens (including phenoxy) is 3. The summed E-state index contributed by atoms with van der Waals surface area (Å²) in [5, 5.41) is 11.4. The smallest absolute Gasteiger partial charge is 0.295 e. The number of nitrogens with zero attached hydrogens (tertiary/aromatic N) is 2. The lowest BCUT2D eigenvalue weighted by Crippen LogP contribution is -2.38. The third kappa shape index (κ3) is 7.00. The molecule has 3 rings (SSSR count). The number of aliphatic hydroxyl groups is 1. The molecule has 39 heavy (non-hydrogen) atoms. The summed E-state index contributed by atoms with van der Waals surface area (Å²) in [6, 6.07) is 11.4. The Hall–Kier alpha value is -3.78. The molecule has 0 aromatic heterocycles. The number of rotatable bonds is 14. The summed E-state index contributed by atoms with van der Waals surface area (Å²) >= 11 is 0. The molecule has 0 saturated carbocycles. The van der Waals surface area contributed by atoms with Crippen molar-refractivity contribution in [2.75, 3.05) is 46.5 Å². The number of hydrogen-bond donors (Lipinski definition) is 1. The highest BCUT2D eigenvalue weighted by atomic mass is 16.5. The number of carbonyl (C=O) groups excluding carboxylic acids is 2. The first-order valence-corrected chi connectivity index (χ1v) is 13.4. The van der Waals surface area contributed by atoms with E-state index in [2.05, 4.69) is 39.2 Å². The summed E-state index contributed by atoms with van der Waals surface area (Å²) in [4.78, 5) is 30.4. The van der Waals surface area contributed by atoms with Crippen LogP contribution >= 0.6 is 0 Å². The molecule has 0 spiro atoms. The molecule has 1 heterocycles. The Balaban J connectivity index is 2.07. The van der Waals surface area contributed by atoms with Crippen molar-refractivity contribution in [3.05, 3.63) is 71.8 Å². The maximum Gasteiger partial charge on any atom is 0.295 e. The summed E-state index contributed by atoms with van der Waals surface area (Å²) in [5.41, 5.74) is 1.10. The van der Waals surface area contributed by atoms with Crippen LogP contribution in [0.1, 0.15) is 44.9 Å². The van der Waals surface area contributed by atoms with E-state index in [4.69, 9.17) is 14.2 Å². The van der Waals surface area contributed by atoms with Crippen molar-refractivity contribution in [1.82, 2.24) is 9.80 Å². The molecule has 8 heteroatoms. The number of Topliss-reactive ketones (excluding diaryl/α,β-unsaturated/α-hetero) is 1. The molecule has 1 unspecified atom stereocenters. The molecule has 1 amide bonds. The van der Waals surface area contributed by atoms with Gasteiger partial charge in [0, 0.05) is 18.7 Å². The highest BCUT2D eigenvalue weighted by molar-refractivity contribution is 6.46. The molecule has 8 nitrogen and oxygen atoms in total. The molecule has 1 aliphatic rings. The van der Waals surface area contributed by atoms with Crippen LogP contribution in [-0.2, 0) is 9.59 Å². The van der Waals surface area contributed by atoms with Gasteiger partial charge < -0.3 is 29.1 Å². The summed E-state index contributed by atoms with van der Waals surface area (Å²) < 4.78 is 17.0. The lowest BCUT2D eigenvalue weighted by molar-refractivity contribution is -0.140. The Morgan fingerprint density at radius 1 is 1.08 bits per heavy atom. The van der Waals surface area contributed by atoms with Crippen molar-refractivity contribution in [3.63, 3.8) is 0 Å². The number of carbonyl (C=O) groups is 2. The van der Waals surface area contributed by atoms with Gasteiger partial charge in [0.2, 0.25) is 0 Å². The van der Waals surface area contributed by atoms with E-state index in [1.165, 1.54) is 12.0 Å². The van der Waals surface area contributed by atoms with E-state index in [1.54, 1.807) is 48.5 Å². The van der Waals surface area contributed by atoms with Crippen molar-refractivity contribution < 1.29 is 28.9 Å². The minimum atomic E-state index is -0.792. The zero-order chi connectivity index (χ0) is 28.5. The molecule has 2 aromatic rings. The molecule has 210 valence electrons. The van der Waals surface area contributed by atoms with Crippen LogP contribution in [0.5, 0.6) is 17.2 Å². The Bertz CT molecular complexity index is 1180. The molecular formula is C31H40N2O6. The molecule has 0 aliphatic carbocycles. The van der Waals surface area contributed by atoms with Gasteiger partial charge in [0.25, 0.3) is 11.7 Å². The Morgan fingerprint density at radius 3 is 2.36 bits per heavy atom. The largest absolute Gasteiger partial charge is 0.507 e. The van der Waals surface area contributed by atoms with Crippen LogP contribution in [0.15, 0.2) is 60.7 Å². The van der Waals surface area contributed by atoms with Crippen molar-refractivity contribution >= 4 is 17.4 Å². The topological polar surface area (TPSA) is 88.5 Å². The van der Waals surface area contributed by atoms with Crippen LogP contribution in [0.25, 0.3) is 5.76 Å². The lowest BCUT2D eigenvalue weighted by atomic mass is 9.95. The molecule has 2 aromatic carbocycles.